The molecule has 0 heterocycles. The van der Waals surface area contributed by atoms with Crippen LogP contribution in [0.4, 0.5) is 10.5 Å². The molecule has 0 aliphatic heterocycles. The van der Waals surface area contributed by atoms with E-state index in [1.54, 1.807) is 13.8 Å². The summed E-state index contributed by atoms with van der Waals surface area (Å²) in [6, 6.07) is 12.7. The van der Waals surface area contributed by atoms with Crippen LogP contribution in [0.15, 0.2) is 41.3 Å². The topological polar surface area (TPSA) is 69.6 Å². The largest absolute Gasteiger partial charge is 0.480 e. The van der Waals surface area contributed by atoms with E-state index in [0.29, 0.717) is 0 Å². The molecule has 182 valence electrons. The van der Waals surface area contributed by atoms with Crippen LogP contribution in [0.5, 0.6) is 0 Å². The van der Waals surface area contributed by atoms with Crippen LogP contribution in [0.1, 0.15) is 68.7 Å². The highest BCUT2D eigenvalue weighted by Gasteiger charge is 2.32. The number of hydrogen-bond donors (Lipinski definition) is 2. The SMILES string of the molecule is CCCCCN(C(=O)Nc1ccc2c(c1)CCC2)C1Cc2ccc(SC(C)(C)C(=O)O)cc2C1. The van der Waals surface area contributed by atoms with Gasteiger partial charge in [-0.25, -0.2) is 4.79 Å². The number of benzene rings is 2. The fraction of sp³-hybridized carbons (Fsp3) is 0.500. The summed E-state index contributed by atoms with van der Waals surface area (Å²) in [5.74, 6) is -0.818. The first-order valence-electron chi connectivity index (χ1n) is 12.5. The normalized spacial score (nSPS) is 16.7. The van der Waals surface area contributed by atoms with Gasteiger partial charge in [0.05, 0.1) is 0 Å². The number of urea groups is 1. The van der Waals surface area contributed by atoms with E-state index in [1.807, 2.05) is 17.0 Å². The van der Waals surface area contributed by atoms with Crippen molar-refractivity contribution in [2.24, 2.45) is 0 Å². The number of aliphatic carboxylic acids is 1. The number of rotatable bonds is 9. The molecule has 1 unspecified atom stereocenters. The number of anilines is 1. The van der Waals surface area contributed by atoms with Gasteiger partial charge in [0.1, 0.15) is 4.75 Å². The third-order valence-electron chi connectivity index (χ3n) is 7.03. The quantitative estimate of drug-likeness (QED) is 0.325. The van der Waals surface area contributed by atoms with E-state index in [2.05, 4.69) is 36.5 Å². The zero-order valence-electron chi connectivity index (χ0n) is 20.5. The minimum Gasteiger partial charge on any atom is -0.480 e. The lowest BCUT2D eigenvalue weighted by atomic mass is 10.1. The Labute approximate surface area is 207 Å². The second-order valence-corrected chi connectivity index (χ2v) is 11.8. The minimum atomic E-state index is -0.881. The molecule has 4 rings (SSSR count). The van der Waals surface area contributed by atoms with E-state index in [4.69, 9.17) is 0 Å². The number of carbonyl (C=O) groups is 2. The van der Waals surface area contributed by atoms with E-state index in [-0.39, 0.29) is 12.1 Å². The Hall–Kier alpha value is -2.47. The number of fused-ring (bicyclic) bond motifs is 2. The Bertz CT molecular complexity index is 1070. The predicted molar refractivity (Wildman–Crippen MR) is 139 cm³/mol. The van der Waals surface area contributed by atoms with Gasteiger partial charge in [-0.15, -0.1) is 11.8 Å². The number of amides is 2. The van der Waals surface area contributed by atoms with Gasteiger partial charge in [-0.3, -0.25) is 4.79 Å². The van der Waals surface area contributed by atoms with Gasteiger partial charge in [-0.2, -0.15) is 0 Å². The second-order valence-electron chi connectivity index (χ2n) is 10.1. The van der Waals surface area contributed by atoms with Crippen molar-refractivity contribution in [3.63, 3.8) is 0 Å². The molecule has 0 radical (unpaired) electrons. The molecule has 0 spiro atoms. The summed E-state index contributed by atoms with van der Waals surface area (Å²) >= 11 is 1.37. The smallest absolute Gasteiger partial charge is 0.322 e. The second kappa shape index (κ2) is 10.4. The summed E-state index contributed by atoms with van der Waals surface area (Å²) in [7, 11) is 0. The number of nitrogens with one attached hydrogen (secondary N) is 1. The van der Waals surface area contributed by atoms with Crippen LogP contribution in [0.25, 0.3) is 0 Å². The molecule has 5 nitrogen and oxygen atoms in total. The average molecular weight is 481 g/mol. The third kappa shape index (κ3) is 5.60. The van der Waals surface area contributed by atoms with Crippen LogP contribution in [0.3, 0.4) is 0 Å². The van der Waals surface area contributed by atoms with E-state index in [9.17, 15) is 14.7 Å². The Balaban J connectivity index is 1.47. The molecule has 0 fully saturated rings. The molecule has 34 heavy (non-hydrogen) atoms. The van der Waals surface area contributed by atoms with Crippen LogP contribution in [-0.2, 0) is 30.5 Å². The number of unbranched alkanes of at least 4 members (excludes halogenated alkanes) is 2. The van der Waals surface area contributed by atoms with Crippen molar-refractivity contribution < 1.29 is 14.7 Å². The molecule has 0 saturated heterocycles. The third-order valence-corrected chi connectivity index (χ3v) is 8.21. The van der Waals surface area contributed by atoms with Gasteiger partial charge in [-0.1, -0.05) is 31.9 Å². The number of aryl methyl sites for hydroxylation is 2. The van der Waals surface area contributed by atoms with Crippen molar-refractivity contribution in [2.75, 3.05) is 11.9 Å². The highest BCUT2D eigenvalue weighted by molar-refractivity contribution is 8.01. The van der Waals surface area contributed by atoms with Crippen LogP contribution < -0.4 is 5.32 Å². The zero-order chi connectivity index (χ0) is 24.3. The first kappa shape index (κ1) is 24.6. The predicted octanol–water partition coefficient (Wildman–Crippen LogP) is 6.32. The van der Waals surface area contributed by atoms with E-state index in [1.165, 1.54) is 40.4 Å². The fourth-order valence-corrected chi connectivity index (χ4v) is 6.03. The van der Waals surface area contributed by atoms with Crippen LogP contribution in [0, 0.1) is 0 Å². The van der Waals surface area contributed by atoms with Crippen LogP contribution >= 0.6 is 11.8 Å². The summed E-state index contributed by atoms with van der Waals surface area (Å²) < 4.78 is -0.881. The van der Waals surface area contributed by atoms with Gasteiger partial charge >= 0.3 is 12.0 Å². The van der Waals surface area contributed by atoms with Crippen LogP contribution in [-0.4, -0.2) is 39.3 Å². The van der Waals surface area contributed by atoms with Gasteiger partial charge < -0.3 is 15.3 Å². The lowest BCUT2D eigenvalue weighted by Crippen LogP contribution is -2.44. The Morgan fingerprint density at radius 3 is 2.53 bits per heavy atom. The minimum absolute atomic E-state index is 0.0199. The lowest BCUT2D eigenvalue weighted by molar-refractivity contribution is -0.138. The molecule has 2 aromatic rings. The maximum atomic E-state index is 13.4. The maximum Gasteiger partial charge on any atom is 0.322 e. The van der Waals surface area contributed by atoms with Gasteiger partial charge in [-0.05, 0) is 98.9 Å². The van der Waals surface area contributed by atoms with Crippen molar-refractivity contribution in [1.82, 2.24) is 4.90 Å². The van der Waals surface area contributed by atoms with Gasteiger partial charge in [0.25, 0.3) is 0 Å². The van der Waals surface area contributed by atoms with Gasteiger partial charge in [0.2, 0.25) is 0 Å². The summed E-state index contributed by atoms with van der Waals surface area (Å²) in [5.41, 5.74) is 6.13. The van der Waals surface area contributed by atoms with Gasteiger partial charge in [0.15, 0.2) is 0 Å². The van der Waals surface area contributed by atoms with Crippen LogP contribution in [0.2, 0.25) is 0 Å². The number of carbonyl (C=O) groups excluding carboxylic acids is 1. The standard InChI is InChI=1S/C28H36N2O3S/c1-4-5-6-14-30(27(33)29-23-12-10-19-8-7-9-20(19)15-23)24-16-21-11-13-25(18-22(21)17-24)34-28(2,3)26(31)32/h10-13,15,18,24H,4-9,14,16-17H2,1-3H3,(H,29,33)(H,31,32). The van der Waals surface area contributed by atoms with E-state index < -0.39 is 10.7 Å². The van der Waals surface area contributed by atoms with E-state index >= 15 is 0 Å². The molecule has 0 aromatic heterocycles. The summed E-state index contributed by atoms with van der Waals surface area (Å²) in [4.78, 5) is 28.0. The molecule has 2 aliphatic rings. The number of thioether (sulfide) groups is 1. The Morgan fingerprint density at radius 1 is 1.03 bits per heavy atom. The molecule has 2 amide bonds. The van der Waals surface area contributed by atoms with Crippen molar-refractivity contribution in [3.8, 4) is 0 Å². The molecule has 1 atom stereocenters. The van der Waals surface area contributed by atoms with Gasteiger partial charge in [0, 0.05) is 23.2 Å². The summed E-state index contributed by atoms with van der Waals surface area (Å²) in [5, 5.41) is 12.7. The lowest BCUT2D eigenvalue weighted by Gasteiger charge is -2.29. The molecular weight excluding hydrogens is 444 g/mol. The molecular formula is C28H36N2O3S. The molecule has 6 heteroatoms. The molecule has 2 aliphatic carbocycles. The van der Waals surface area contributed by atoms with Crippen molar-refractivity contribution in [2.45, 2.75) is 87.8 Å². The van der Waals surface area contributed by atoms with Crippen molar-refractivity contribution in [3.05, 3.63) is 58.7 Å². The molecule has 0 bridgehead atoms. The van der Waals surface area contributed by atoms with E-state index in [0.717, 1.165) is 62.1 Å². The summed E-state index contributed by atoms with van der Waals surface area (Å²) in [6.45, 7) is 6.39. The summed E-state index contributed by atoms with van der Waals surface area (Å²) in [6.07, 6.45) is 8.29. The highest BCUT2D eigenvalue weighted by Crippen LogP contribution is 2.36. The van der Waals surface area contributed by atoms with Crippen molar-refractivity contribution in [1.29, 1.82) is 0 Å². The first-order chi connectivity index (χ1) is 16.3. The zero-order valence-corrected chi connectivity index (χ0v) is 21.3. The number of nitrogens with zero attached hydrogens (tertiary/aromatic N) is 1. The maximum absolute atomic E-state index is 13.4. The Kier molecular flexibility index (Phi) is 7.56. The number of carboxylic acids is 1. The molecule has 0 saturated carbocycles. The number of hydrogen-bond acceptors (Lipinski definition) is 3. The van der Waals surface area contributed by atoms with Crippen molar-refractivity contribution >= 4 is 29.4 Å². The molecule has 2 N–H and O–H groups in total. The fourth-order valence-electron chi connectivity index (χ4n) is 5.02. The molecule has 2 aromatic carbocycles. The highest BCUT2D eigenvalue weighted by atomic mass is 32.2. The number of carboxylic acid groups (broad SMARTS) is 1. The monoisotopic (exact) mass is 480 g/mol. The first-order valence-corrected chi connectivity index (χ1v) is 13.3. The average Bonchev–Trinajstić information content (AvgIpc) is 3.42. The Morgan fingerprint density at radius 2 is 1.76 bits per heavy atom.